The fraction of sp³-hybridized carbons (Fsp3) is 0.600. The maximum Gasteiger partial charge on any atom is 0.259 e. The summed E-state index contributed by atoms with van der Waals surface area (Å²) in [6.45, 7) is 6.16. The molecule has 3 heterocycles. The van der Waals surface area contributed by atoms with Crippen LogP contribution in [0.1, 0.15) is 26.1 Å². The lowest BCUT2D eigenvalue weighted by Gasteiger charge is -2.23. The van der Waals surface area contributed by atoms with Crippen LogP contribution in [0.5, 0.6) is 0 Å². The maximum absolute atomic E-state index is 12.4. The lowest BCUT2D eigenvalue weighted by atomic mass is 10.00. The summed E-state index contributed by atoms with van der Waals surface area (Å²) in [6, 6.07) is 0. The van der Waals surface area contributed by atoms with Crippen LogP contribution in [-0.4, -0.2) is 34.1 Å². The van der Waals surface area contributed by atoms with Crippen molar-refractivity contribution in [1.82, 2.24) is 23.8 Å². The summed E-state index contributed by atoms with van der Waals surface area (Å²) in [5.41, 5.74) is 0. The highest BCUT2D eigenvalue weighted by Gasteiger charge is 2.23. The average molecular weight is 337 g/mol. The fourth-order valence-corrected chi connectivity index (χ4v) is 3.97. The monoisotopic (exact) mass is 337 g/mol. The third-order valence-electron chi connectivity index (χ3n) is 4.06. The number of hydrogen-bond donors (Lipinski definition) is 1. The number of fused-ring (bicyclic) bond motifs is 1. The fourth-order valence-electron chi connectivity index (χ4n) is 2.91. The molecule has 8 heteroatoms. The number of aromatic nitrogens is 4. The van der Waals surface area contributed by atoms with Crippen LogP contribution in [0.25, 0.3) is 0 Å². The molecular weight excluding hydrogens is 314 g/mol. The van der Waals surface area contributed by atoms with Gasteiger partial charge in [-0.3, -0.25) is 0 Å². The van der Waals surface area contributed by atoms with E-state index in [0.29, 0.717) is 12.5 Å². The second kappa shape index (κ2) is 6.45. The molecule has 1 aliphatic rings. The van der Waals surface area contributed by atoms with E-state index in [4.69, 9.17) is 0 Å². The van der Waals surface area contributed by atoms with Crippen molar-refractivity contribution in [3.63, 3.8) is 0 Å². The standard InChI is InChI=1S/C15H23N5O2S/c1-12(2)8-19-10-15(17-11-19)23(21,22)18-7-13-3-4-14-16-5-6-20(14)9-13/h5-6,10-13,18H,3-4,7-9H2,1-2H3. The van der Waals surface area contributed by atoms with E-state index in [-0.39, 0.29) is 10.9 Å². The van der Waals surface area contributed by atoms with Gasteiger partial charge in [0.1, 0.15) is 5.82 Å². The average Bonchev–Trinajstić information content (AvgIpc) is 3.13. The lowest BCUT2D eigenvalue weighted by Crippen LogP contribution is -2.33. The van der Waals surface area contributed by atoms with Gasteiger partial charge >= 0.3 is 0 Å². The molecule has 1 N–H and O–H groups in total. The molecule has 126 valence electrons. The smallest absolute Gasteiger partial charge is 0.259 e. The Morgan fingerprint density at radius 2 is 2.22 bits per heavy atom. The van der Waals surface area contributed by atoms with E-state index in [1.807, 2.05) is 10.8 Å². The highest BCUT2D eigenvalue weighted by atomic mass is 32.2. The van der Waals surface area contributed by atoms with Crippen molar-refractivity contribution < 1.29 is 8.42 Å². The highest BCUT2D eigenvalue weighted by Crippen LogP contribution is 2.18. The Hall–Kier alpha value is -1.67. The van der Waals surface area contributed by atoms with Gasteiger partial charge in [0, 0.05) is 44.6 Å². The Balaban J connectivity index is 1.60. The summed E-state index contributed by atoms with van der Waals surface area (Å²) < 4.78 is 31.3. The molecule has 3 rings (SSSR count). The van der Waals surface area contributed by atoms with Crippen LogP contribution in [0.4, 0.5) is 0 Å². The van der Waals surface area contributed by atoms with Crippen molar-refractivity contribution in [2.45, 2.75) is 44.8 Å². The topological polar surface area (TPSA) is 81.8 Å². The van der Waals surface area contributed by atoms with Crippen molar-refractivity contribution in [1.29, 1.82) is 0 Å². The van der Waals surface area contributed by atoms with Crippen LogP contribution in [0.15, 0.2) is 29.9 Å². The van der Waals surface area contributed by atoms with Crippen LogP contribution < -0.4 is 4.72 Å². The number of aryl methyl sites for hydroxylation is 1. The van der Waals surface area contributed by atoms with Gasteiger partial charge in [-0.2, -0.15) is 0 Å². The quantitative estimate of drug-likeness (QED) is 0.861. The van der Waals surface area contributed by atoms with Crippen molar-refractivity contribution in [2.24, 2.45) is 11.8 Å². The molecule has 0 aliphatic carbocycles. The van der Waals surface area contributed by atoms with Gasteiger partial charge in [-0.05, 0) is 18.3 Å². The van der Waals surface area contributed by atoms with E-state index in [9.17, 15) is 8.42 Å². The molecule has 0 fully saturated rings. The second-order valence-corrected chi connectivity index (χ2v) is 8.27. The molecule has 7 nitrogen and oxygen atoms in total. The summed E-state index contributed by atoms with van der Waals surface area (Å²) in [5, 5.41) is 0.0947. The Morgan fingerprint density at radius 1 is 1.39 bits per heavy atom. The SMILES string of the molecule is CC(C)Cn1cnc(S(=O)(=O)NCC2CCc3nccn3C2)c1. The van der Waals surface area contributed by atoms with Crippen LogP contribution in [0, 0.1) is 11.8 Å². The predicted octanol–water partition coefficient (Wildman–Crippen LogP) is 1.28. The first kappa shape index (κ1) is 16.2. The molecule has 2 aromatic heterocycles. The number of rotatable bonds is 6. The summed E-state index contributed by atoms with van der Waals surface area (Å²) in [4.78, 5) is 8.32. The van der Waals surface area contributed by atoms with E-state index in [0.717, 1.165) is 31.8 Å². The normalized spacial score (nSPS) is 18.3. The van der Waals surface area contributed by atoms with Crippen molar-refractivity contribution in [2.75, 3.05) is 6.54 Å². The van der Waals surface area contributed by atoms with Gasteiger partial charge in [-0.25, -0.2) is 23.1 Å². The van der Waals surface area contributed by atoms with E-state index in [1.165, 1.54) is 0 Å². The van der Waals surface area contributed by atoms with Crippen LogP contribution in [-0.2, 0) is 29.5 Å². The van der Waals surface area contributed by atoms with Gasteiger partial charge in [0.2, 0.25) is 0 Å². The van der Waals surface area contributed by atoms with Gasteiger partial charge < -0.3 is 9.13 Å². The number of nitrogens with one attached hydrogen (secondary N) is 1. The first-order valence-electron chi connectivity index (χ1n) is 7.95. The third-order valence-corrected chi connectivity index (χ3v) is 5.36. The minimum atomic E-state index is -3.55. The van der Waals surface area contributed by atoms with E-state index in [2.05, 4.69) is 33.1 Å². The van der Waals surface area contributed by atoms with Gasteiger partial charge in [0.15, 0.2) is 5.03 Å². The molecule has 0 radical (unpaired) electrons. The molecule has 0 amide bonds. The number of hydrogen-bond acceptors (Lipinski definition) is 4. The van der Waals surface area contributed by atoms with E-state index < -0.39 is 10.0 Å². The minimum absolute atomic E-state index is 0.0947. The van der Waals surface area contributed by atoms with Crippen LogP contribution >= 0.6 is 0 Å². The molecule has 0 saturated carbocycles. The van der Waals surface area contributed by atoms with Crippen molar-refractivity contribution in [3.05, 3.63) is 30.7 Å². The first-order valence-corrected chi connectivity index (χ1v) is 9.44. The molecule has 1 aliphatic heterocycles. The Bertz CT molecular complexity index is 762. The summed E-state index contributed by atoms with van der Waals surface area (Å²) in [7, 11) is -3.55. The Morgan fingerprint density at radius 3 is 3.00 bits per heavy atom. The van der Waals surface area contributed by atoms with Crippen LogP contribution in [0.3, 0.4) is 0 Å². The summed E-state index contributed by atoms with van der Waals surface area (Å²) in [5.74, 6) is 1.81. The third kappa shape index (κ3) is 3.81. The highest BCUT2D eigenvalue weighted by molar-refractivity contribution is 7.89. The molecule has 1 unspecified atom stereocenters. The largest absolute Gasteiger partial charge is 0.336 e. The zero-order chi connectivity index (χ0) is 16.4. The second-order valence-electron chi connectivity index (χ2n) is 6.55. The summed E-state index contributed by atoms with van der Waals surface area (Å²) >= 11 is 0. The number of sulfonamides is 1. The minimum Gasteiger partial charge on any atom is -0.336 e. The van der Waals surface area contributed by atoms with E-state index >= 15 is 0 Å². The summed E-state index contributed by atoms with van der Waals surface area (Å²) in [6.07, 6.45) is 8.75. The zero-order valence-electron chi connectivity index (χ0n) is 13.5. The van der Waals surface area contributed by atoms with Crippen molar-refractivity contribution in [3.8, 4) is 0 Å². The molecule has 0 aromatic carbocycles. The molecular formula is C15H23N5O2S. The zero-order valence-corrected chi connectivity index (χ0v) is 14.3. The Labute approximate surface area is 136 Å². The molecule has 0 saturated heterocycles. The molecule has 2 aromatic rings. The predicted molar refractivity (Wildman–Crippen MR) is 86.3 cm³/mol. The van der Waals surface area contributed by atoms with E-state index in [1.54, 1.807) is 18.7 Å². The van der Waals surface area contributed by atoms with Gasteiger partial charge in [-0.1, -0.05) is 13.8 Å². The molecule has 23 heavy (non-hydrogen) atoms. The molecule has 0 spiro atoms. The molecule has 0 bridgehead atoms. The van der Waals surface area contributed by atoms with Gasteiger partial charge in [0.05, 0.1) is 6.33 Å². The number of imidazole rings is 2. The maximum atomic E-state index is 12.4. The Kier molecular flexibility index (Phi) is 4.54. The van der Waals surface area contributed by atoms with Crippen molar-refractivity contribution >= 4 is 10.0 Å². The molecule has 1 atom stereocenters. The van der Waals surface area contributed by atoms with Crippen LogP contribution in [0.2, 0.25) is 0 Å². The number of nitrogens with zero attached hydrogens (tertiary/aromatic N) is 4. The van der Waals surface area contributed by atoms with Gasteiger partial charge in [-0.15, -0.1) is 0 Å². The first-order chi connectivity index (χ1) is 10.9. The van der Waals surface area contributed by atoms with Gasteiger partial charge in [0.25, 0.3) is 10.0 Å². The lowest BCUT2D eigenvalue weighted by molar-refractivity contribution is 0.363.